The maximum Gasteiger partial charge on any atom is 0.502 e. The zero-order chi connectivity index (χ0) is 8.91. The fourth-order valence-electron chi connectivity index (χ4n) is 0.724. The van der Waals surface area contributed by atoms with Crippen molar-refractivity contribution in [2.75, 3.05) is 21.3 Å². The molecule has 0 aromatic carbocycles. The summed E-state index contributed by atoms with van der Waals surface area (Å²) in [4.78, 5) is 0. The molecular weight excluding hydrogens is 200 g/mol. The molecule has 3 nitrogen and oxygen atoms in total. The van der Waals surface area contributed by atoms with E-state index in [-0.39, 0.29) is 4.58 Å². The van der Waals surface area contributed by atoms with Gasteiger partial charge in [-0.2, -0.15) is 25.3 Å². The highest BCUT2D eigenvalue weighted by atomic mass is 32.2. The van der Waals surface area contributed by atoms with Crippen LogP contribution in [-0.4, -0.2) is 34.7 Å². The Balaban J connectivity index is 4.05. The Morgan fingerprint density at radius 3 is 1.55 bits per heavy atom. The fraction of sp³-hybridized carbons (Fsp3) is 1.00. The van der Waals surface area contributed by atoms with E-state index in [1.165, 1.54) is 0 Å². The van der Waals surface area contributed by atoms with Crippen molar-refractivity contribution in [3.63, 3.8) is 0 Å². The van der Waals surface area contributed by atoms with Crippen LogP contribution in [0.25, 0.3) is 0 Å². The Morgan fingerprint density at radius 1 is 1.09 bits per heavy atom. The third-order valence-electron chi connectivity index (χ3n) is 1.37. The van der Waals surface area contributed by atoms with Crippen molar-refractivity contribution in [2.45, 2.75) is 10.6 Å². The van der Waals surface area contributed by atoms with Crippen LogP contribution in [0, 0.1) is 0 Å². The van der Waals surface area contributed by atoms with E-state index < -0.39 is 8.80 Å². The molecule has 0 aliphatic heterocycles. The van der Waals surface area contributed by atoms with Crippen molar-refractivity contribution in [2.24, 2.45) is 0 Å². The smallest absolute Gasteiger partial charge is 0.377 e. The molecule has 11 heavy (non-hydrogen) atoms. The second-order valence-electron chi connectivity index (χ2n) is 1.98. The zero-order valence-electron chi connectivity index (χ0n) is 6.90. The molecule has 0 fully saturated rings. The first-order chi connectivity index (χ1) is 5.10. The lowest BCUT2D eigenvalue weighted by atomic mass is 10.9. The number of thiol groups is 2. The molecule has 6 heteroatoms. The van der Waals surface area contributed by atoms with E-state index in [1.54, 1.807) is 21.3 Å². The maximum absolute atomic E-state index is 5.14. The molecule has 0 heterocycles. The molecule has 0 saturated heterocycles. The minimum atomic E-state index is -2.43. The van der Waals surface area contributed by atoms with Gasteiger partial charge in [0, 0.05) is 32.0 Å². The summed E-state index contributed by atoms with van der Waals surface area (Å²) in [5.74, 6) is 0. The molecule has 0 bridgehead atoms. The van der Waals surface area contributed by atoms with Gasteiger partial charge in [0.05, 0.1) is 0 Å². The fourth-order valence-corrected chi connectivity index (χ4v) is 3.51. The van der Waals surface area contributed by atoms with Gasteiger partial charge in [0.2, 0.25) is 0 Å². The Bertz CT molecular complexity index is 99.6. The molecule has 0 aromatic heterocycles. The van der Waals surface area contributed by atoms with E-state index >= 15 is 0 Å². The van der Waals surface area contributed by atoms with Crippen molar-refractivity contribution in [3.8, 4) is 0 Å². The van der Waals surface area contributed by atoms with E-state index in [4.69, 9.17) is 13.3 Å². The molecule has 0 amide bonds. The van der Waals surface area contributed by atoms with Crippen LogP contribution in [-0.2, 0) is 13.3 Å². The van der Waals surface area contributed by atoms with Gasteiger partial charge < -0.3 is 13.3 Å². The van der Waals surface area contributed by atoms with Crippen LogP contribution in [0.3, 0.4) is 0 Å². The Labute approximate surface area is 79.6 Å². The molecule has 68 valence electrons. The van der Waals surface area contributed by atoms with E-state index in [9.17, 15) is 0 Å². The molecule has 0 rings (SSSR count). The predicted molar refractivity (Wildman–Crippen MR) is 53.3 cm³/mol. The molecule has 0 unspecified atom stereocenters. The van der Waals surface area contributed by atoms with Gasteiger partial charge in [-0.15, -0.1) is 0 Å². The van der Waals surface area contributed by atoms with E-state index in [2.05, 4.69) is 25.3 Å². The van der Waals surface area contributed by atoms with Crippen LogP contribution in [0.1, 0.15) is 0 Å². The summed E-state index contributed by atoms with van der Waals surface area (Å²) in [5, 5.41) is 0. The quantitative estimate of drug-likeness (QED) is 0.407. The SMILES string of the molecule is CO[Si](CC(S)S)(OC)OC. The molecule has 0 aliphatic carbocycles. The predicted octanol–water partition coefficient (Wildman–Crippen LogP) is 1.05. The van der Waals surface area contributed by atoms with Crippen molar-refractivity contribution in [3.05, 3.63) is 0 Å². The van der Waals surface area contributed by atoms with Crippen molar-refractivity contribution < 1.29 is 13.3 Å². The molecule has 0 N–H and O–H groups in total. The highest BCUT2D eigenvalue weighted by Crippen LogP contribution is 2.20. The minimum Gasteiger partial charge on any atom is -0.377 e. The summed E-state index contributed by atoms with van der Waals surface area (Å²) < 4.78 is 15.4. The van der Waals surface area contributed by atoms with E-state index in [0.29, 0.717) is 6.04 Å². The maximum atomic E-state index is 5.14. The van der Waals surface area contributed by atoms with Crippen molar-refractivity contribution in [1.82, 2.24) is 0 Å². The third-order valence-corrected chi connectivity index (χ3v) is 5.19. The lowest BCUT2D eigenvalue weighted by Crippen LogP contribution is -2.44. The van der Waals surface area contributed by atoms with Gasteiger partial charge in [-0.05, 0) is 0 Å². The van der Waals surface area contributed by atoms with E-state index in [1.807, 2.05) is 0 Å². The summed E-state index contributed by atoms with van der Waals surface area (Å²) in [6, 6.07) is 0.600. The summed E-state index contributed by atoms with van der Waals surface area (Å²) in [5.41, 5.74) is 0. The average molecular weight is 214 g/mol. The van der Waals surface area contributed by atoms with Crippen LogP contribution in [0.5, 0.6) is 0 Å². The minimum absolute atomic E-state index is 0.0680. The second-order valence-corrected chi connectivity index (χ2v) is 6.63. The molecule has 0 saturated carbocycles. The van der Waals surface area contributed by atoms with Crippen LogP contribution < -0.4 is 0 Å². The highest BCUT2D eigenvalue weighted by Gasteiger charge is 2.38. The normalized spacial score (nSPS) is 12.5. The molecule has 0 atom stereocenters. The standard InChI is InChI=1S/C5H14O3S2Si/c1-6-11(7-2,8-3)4-5(9)10/h5,9-10H,4H2,1-3H3. The Morgan fingerprint density at radius 2 is 1.45 bits per heavy atom. The third kappa shape index (κ3) is 3.82. The summed E-state index contributed by atoms with van der Waals surface area (Å²) >= 11 is 8.22. The van der Waals surface area contributed by atoms with Crippen molar-refractivity contribution in [1.29, 1.82) is 0 Å². The van der Waals surface area contributed by atoms with Crippen LogP contribution in [0.2, 0.25) is 6.04 Å². The zero-order valence-corrected chi connectivity index (χ0v) is 9.69. The topological polar surface area (TPSA) is 27.7 Å². The van der Waals surface area contributed by atoms with Gasteiger partial charge in [0.25, 0.3) is 0 Å². The first-order valence-corrected chi connectivity index (χ1v) is 6.08. The molecule has 0 radical (unpaired) electrons. The summed E-state index contributed by atoms with van der Waals surface area (Å²) in [7, 11) is 2.28. The largest absolute Gasteiger partial charge is 0.502 e. The molecule has 0 aromatic rings. The Kier molecular flexibility index (Phi) is 5.84. The van der Waals surface area contributed by atoms with Gasteiger partial charge >= 0.3 is 8.80 Å². The van der Waals surface area contributed by atoms with Crippen LogP contribution in [0.4, 0.5) is 0 Å². The van der Waals surface area contributed by atoms with Gasteiger partial charge in [-0.3, -0.25) is 0 Å². The highest BCUT2D eigenvalue weighted by molar-refractivity contribution is 7.99. The molecule has 0 aliphatic rings. The monoisotopic (exact) mass is 214 g/mol. The summed E-state index contributed by atoms with van der Waals surface area (Å²) in [6.45, 7) is 0. The van der Waals surface area contributed by atoms with Crippen LogP contribution >= 0.6 is 25.3 Å². The average Bonchev–Trinajstić information content (AvgIpc) is 2.00. The first kappa shape index (κ1) is 11.8. The van der Waals surface area contributed by atoms with Crippen LogP contribution in [0.15, 0.2) is 0 Å². The Hall–Kier alpha value is 0.797. The number of rotatable bonds is 5. The lowest BCUT2D eigenvalue weighted by molar-refractivity contribution is 0.125. The van der Waals surface area contributed by atoms with Gasteiger partial charge in [0.1, 0.15) is 0 Å². The van der Waals surface area contributed by atoms with Crippen molar-refractivity contribution >= 4 is 34.1 Å². The van der Waals surface area contributed by atoms with Gasteiger partial charge in [-0.25, -0.2) is 0 Å². The second kappa shape index (κ2) is 5.44. The number of hydrogen-bond acceptors (Lipinski definition) is 5. The van der Waals surface area contributed by atoms with Gasteiger partial charge in [0.15, 0.2) is 0 Å². The lowest BCUT2D eigenvalue weighted by Gasteiger charge is -2.25. The molecular formula is C5H14O3S2Si. The number of hydrogen-bond donors (Lipinski definition) is 2. The van der Waals surface area contributed by atoms with E-state index in [0.717, 1.165) is 0 Å². The first-order valence-electron chi connectivity index (χ1n) is 3.12. The van der Waals surface area contributed by atoms with Gasteiger partial charge in [-0.1, -0.05) is 0 Å². The molecule has 0 spiro atoms. The summed E-state index contributed by atoms with van der Waals surface area (Å²) in [6.07, 6.45) is 0.